The van der Waals surface area contributed by atoms with E-state index < -0.39 is 17.9 Å². The number of carboxylic acid groups (broad SMARTS) is 1. The molecule has 0 heterocycles. The third-order valence-corrected chi connectivity index (χ3v) is 2.85. The molecule has 0 aromatic heterocycles. The standard InChI is InChI=1S/C14H19NO4/c1-4-19-8-12(16)15-13(14(17)18)11-6-5-9(2)10(3)7-11/h5-7,13H,4,8H2,1-3H3,(H,15,16)(H,17,18). The van der Waals surface area contributed by atoms with E-state index in [1.807, 2.05) is 19.9 Å². The summed E-state index contributed by atoms with van der Waals surface area (Å²) < 4.78 is 4.95. The first-order chi connectivity index (χ1) is 8.95. The van der Waals surface area contributed by atoms with Crippen LogP contribution >= 0.6 is 0 Å². The normalized spacial score (nSPS) is 11.9. The summed E-state index contributed by atoms with van der Waals surface area (Å²) >= 11 is 0. The lowest BCUT2D eigenvalue weighted by molar-refractivity contribution is -0.142. The summed E-state index contributed by atoms with van der Waals surface area (Å²) in [5, 5.41) is 11.7. The first-order valence-corrected chi connectivity index (χ1v) is 6.12. The van der Waals surface area contributed by atoms with Crippen LogP contribution in [0.15, 0.2) is 18.2 Å². The van der Waals surface area contributed by atoms with Crippen LogP contribution in [0.1, 0.15) is 29.7 Å². The van der Waals surface area contributed by atoms with Gasteiger partial charge in [-0.15, -0.1) is 0 Å². The maximum atomic E-state index is 11.5. The predicted molar refractivity (Wildman–Crippen MR) is 70.9 cm³/mol. The molecule has 0 saturated carbocycles. The Kier molecular flexibility index (Phi) is 5.51. The number of nitrogens with one attached hydrogen (secondary N) is 1. The molecule has 1 unspecified atom stereocenters. The number of aryl methyl sites for hydroxylation is 2. The number of benzene rings is 1. The van der Waals surface area contributed by atoms with Gasteiger partial charge in [-0.05, 0) is 37.5 Å². The van der Waals surface area contributed by atoms with Gasteiger partial charge in [0, 0.05) is 6.61 Å². The minimum Gasteiger partial charge on any atom is -0.479 e. The highest BCUT2D eigenvalue weighted by Gasteiger charge is 2.22. The molecule has 1 amide bonds. The maximum Gasteiger partial charge on any atom is 0.330 e. The van der Waals surface area contributed by atoms with Gasteiger partial charge in [0.1, 0.15) is 6.61 Å². The van der Waals surface area contributed by atoms with E-state index in [0.717, 1.165) is 11.1 Å². The number of carbonyl (C=O) groups excluding carboxylic acids is 1. The number of hydrogen-bond donors (Lipinski definition) is 2. The average molecular weight is 265 g/mol. The molecule has 0 fully saturated rings. The van der Waals surface area contributed by atoms with Gasteiger partial charge in [-0.2, -0.15) is 0 Å². The van der Waals surface area contributed by atoms with E-state index in [-0.39, 0.29) is 6.61 Å². The van der Waals surface area contributed by atoms with E-state index in [0.29, 0.717) is 12.2 Å². The van der Waals surface area contributed by atoms with E-state index in [1.54, 1.807) is 19.1 Å². The maximum absolute atomic E-state index is 11.5. The third-order valence-electron chi connectivity index (χ3n) is 2.85. The molecule has 0 radical (unpaired) electrons. The van der Waals surface area contributed by atoms with E-state index in [4.69, 9.17) is 4.74 Å². The second-order valence-electron chi connectivity index (χ2n) is 4.32. The molecule has 5 nitrogen and oxygen atoms in total. The molecule has 1 aromatic rings. The zero-order chi connectivity index (χ0) is 14.4. The lowest BCUT2D eigenvalue weighted by Crippen LogP contribution is -2.36. The molecule has 0 bridgehead atoms. The fourth-order valence-corrected chi connectivity index (χ4v) is 1.63. The summed E-state index contributed by atoms with van der Waals surface area (Å²) in [5.74, 6) is -1.53. The Morgan fingerprint density at radius 1 is 1.32 bits per heavy atom. The lowest BCUT2D eigenvalue weighted by atomic mass is 10.0. The quantitative estimate of drug-likeness (QED) is 0.819. The average Bonchev–Trinajstić information content (AvgIpc) is 2.36. The number of carboxylic acids is 1. The number of carbonyl (C=O) groups is 2. The van der Waals surface area contributed by atoms with Crippen molar-refractivity contribution in [2.45, 2.75) is 26.8 Å². The van der Waals surface area contributed by atoms with Crippen molar-refractivity contribution in [3.8, 4) is 0 Å². The number of ether oxygens (including phenoxy) is 1. The van der Waals surface area contributed by atoms with Gasteiger partial charge in [-0.25, -0.2) is 4.79 Å². The molecular formula is C14H19NO4. The minimum atomic E-state index is -1.09. The molecule has 1 aromatic carbocycles. The highest BCUT2D eigenvalue weighted by molar-refractivity contribution is 5.85. The van der Waals surface area contributed by atoms with Crippen molar-refractivity contribution in [3.05, 3.63) is 34.9 Å². The van der Waals surface area contributed by atoms with Crippen molar-refractivity contribution in [2.24, 2.45) is 0 Å². The highest BCUT2D eigenvalue weighted by Crippen LogP contribution is 2.17. The highest BCUT2D eigenvalue weighted by atomic mass is 16.5. The zero-order valence-electron chi connectivity index (χ0n) is 11.4. The zero-order valence-corrected chi connectivity index (χ0v) is 11.4. The smallest absolute Gasteiger partial charge is 0.330 e. The fourth-order valence-electron chi connectivity index (χ4n) is 1.63. The van der Waals surface area contributed by atoms with Crippen LogP contribution in [0.3, 0.4) is 0 Å². The summed E-state index contributed by atoms with van der Waals surface area (Å²) in [5.41, 5.74) is 2.62. The molecular weight excluding hydrogens is 246 g/mol. The minimum absolute atomic E-state index is 0.134. The van der Waals surface area contributed by atoms with E-state index in [9.17, 15) is 14.7 Å². The predicted octanol–water partition coefficient (Wildman–Crippen LogP) is 1.58. The van der Waals surface area contributed by atoms with E-state index in [1.165, 1.54) is 0 Å². The topological polar surface area (TPSA) is 75.6 Å². The number of amides is 1. The Labute approximate surface area is 112 Å². The number of aliphatic carboxylic acids is 1. The second kappa shape index (κ2) is 6.89. The van der Waals surface area contributed by atoms with Crippen LogP contribution in [0.5, 0.6) is 0 Å². The first-order valence-electron chi connectivity index (χ1n) is 6.12. The Hall–Kier alpha value is -1.88. The van der Waals surface area contributed by atoms with Crippen LogP contribution in [-0.2, 0) is 14.3 Å². The van der Waals surface area contributed by atoms with Crippen LogP contribution in [0, 0.1) is 13.8 Å². The van der Waals surface area contributed by atoms with E-state index in [2.05, 4.69) is 5.32 Å². The van der Waals surface area contributed by atoms with E-state index >= 15 is 0 Å². The molecule has 0 spiro atoms. The van der Waals surface area contributed by atoms with Crippen molar-refractivity contribution in [1.29, 1.82) is 0 Å². The fraction of sp³-hybridized carbons (Fsp3) is 0.429. The molecule has 0 aliphatic rings. The number of rotatable bonds is 6. The molecule has 5 heteroatoms. The molecule has 104 valence electrons. The lowest BCUT2D eigenvalue weighted by Gasteiger charge is -2.16. The van der Waals surface area contributed by atoms with Crippen molar-refractivity contribution in [1.82, 2.24) is 5.32 Å². The van der Waals surface area contributed by atoms with Crippen LogP contribution in [0.25, 0.3) is 0 Å². The van der Waals surface area contributed by atoms with Gasteiger partial charge in [0.25, 0.3) is 0 Å². The van der Waals surface area contributed by atoms with Crippen molar-refractivity contribution >= 4 is 11.9 Å². The van der Waals surface area contributed by atoms with Gasteiger partial charge in [0.2, 0.25) is 5.91 Å². The summed E-state index contributed by atoms with van der Waals surface area (Å²) in [7, 11) is 0. The van der Waals surface area contributed by atoms with Crippen LogP contribution < -0.4 is 5.32 Å². The van der Waals surface area contributed by atoms with Crippen molar-refractivity contribution in [2.75, 3.05) is 13.2 Å². The first kappa shape index (κ1) is 15.2. The SMILES string of the molecule is CCOCC(=O)NC(C(=O)O)c1ccc(C)c(C)c1. The monoisotopic (exact) mass is 265 g/mol. The summed E-state index contributed by atoms with van der Waals surface area (Å²) in [6.45, 7) is 5.90. The Bertz CT molecular complexity index is 471. The van der Waals surface area contributed by atoms with Gasteiger partial charge in [0.15, 0.2) is 6.04 Å². The van der Waals surface area contributed by atoms with Crippen LogP contribution in [0.2, 0.25) is 0 Å². The molecule has 19 heavy (non-hydrogen) atoms. The Balaban J connectivity index is 2.85. The third kappa shape index (κ3) is 4.37. The summed E-state index contributed by atoms with van der Waals surface area (Å²) in [6, 6.07) is 4.28. The van der Waals surface area contributed by atoms with Gasteiger partial charge < -0.3 is 15.2 Å². The molecule has 1 rings (SSSR count). The Morgan fingerprint density at radius 2 is 2.00 bits per heavy atom. The van der Waals surface area contributed by atoms with Gasteiger partial charge in [-0.3, -0.25) is 4.79 Å². The molecule has 0 aliphatic heterocycles. The van der Waals surface area contributed by atoms with Crippen LogP contribution in [-0.4, -0.2) is 30.2 Å². The molecule has 1 atom stereocenters. The molecule has 0 saturated heterocycles. The summed E-state index contributed by atoms with van der Waals surface area (Å²) in [4.78, 5) is 22.8. The van der Waals surface area contributed by atoms with Gasteiger partial charge in [-0.1, -0.05) is 18.2 Å². The van der Waals surface area contributed by atoms with Crippen molar-refractivity contribution in [3.63, 3.8) is 0 Å². The largest absolute Gasteiger partial charge is 0.479 e. The Morgan fingerprint density at radius 3 is 2.53 bits per heavy atom. The second-order valence-corrected chi connectivity index (χ2v) is 4.32. The molecule has 0 aliphatic carbocycles. The van der Waals surface area contributed by atoms with Gasteiger partial charge >= 0.3 is 5.97 Å². The van der Waals surface area contributed by atoms with Crippen LogP contribution in [0.4, 0.5) is 0 Å². The molecule has 2 N–H and O–H groups in total. The summed E-state index contributed by atoms with van der Waals surface area (Å²) in [6.07, 6.45) is 0. The number of hydrogen-bond acceptors (Lipinski definition) is 3. The van der Waals surface area contributed by atoms with Crippen molar-refractivity contribution < 1.29 is 19.4 Å². The van der Waals surface area contributed by atoms with Gasteiger partial charge in [0.05, 0.1) is 0 Å².